The number of para-hydroxylation sites is 1. The minimum Gasteiger partial charge on any atom is -0.269 e. The van der Waals surface area contributed by atoms with E-state index in [1.54, 1.807) is 43.4 Å². The average molecular weight is 326 g/mol. The summed E-state index contributed by atoms with van der Waals surface area (Å²) in [6, 6.07) is 15.7. The van der Waals surface area contributed by atoms with Gasteiger partial charge in [0.2, 0.25) is 0 Å². The highest BCUT2D eigenvalue weighted by molar-refractivity contribution is 9.10. The minimum absolute atomic E-state index is 0.267. The number of hydrogen-bond donors (Lipinski definition) is 0. The van der Waals surface area contributed by atoms with Crippen molar-refractivity contribution in [1.82, 2.24) is 0 Å². The van der Waals surface area contributed by atoms with Crippen molar-refractivity contribution in [2.45, 2.75) is 4.90 Å². The van der Waals surface area contributed by atoms with Gasteiger partial charge >= 0.3 is 0 Å². The largest absolute Gasteiger partial charge is 0.269 e. The summed E-state index contributed by atoms with van der Waals surface area (Å²) in [7, 11) is -1.96. The second-order valence-corrected chi connectivity index (χ2v) is 6.65. The number of halogens is 1. The van der Waals surface area contributed by atoms with Crippen LogP contribution in [0.25, 0.3) is 0 Å². The topological polar surface area (TPSA) is 37.4 Å². The normalized spacial score (nSPS) is 11.2. The van der Waals surface area contributed by atoms with Crippen LogP contribution < -0.4 is 4.31 Å². The van der Waals surface area contributed by atoms with Gasteiger partial charge in [0.15, 0.2) is 0 Å². The smallest absolute Gasteiger partial charge is 0.264 e. The van der Waals surface area contributed by atoms with Crippen LogP contribution >= 0.6 is 15.9 Å². The summed E-state index contributed by atoms with van der Waals surface area (Å²) in [5.74, 6) is 0. The number of nitrogens with zero attached hydrogens (tertiary/aromatic N) is 1. The molecular formula is C13H12BrNO2S. The second-order valence-electron chi connectivity index (χ2n) is 3.77. The number of benzene rings is 2. The van der Waals surface area contributed by atoms with Crippen LogP contribution in [0.15, 0.2) is 64.0 Å². The maximum Gasteiger partial charge on any atom is 0.264 e. The lowest BCUT2D eigenvalue weighted by atomic mass is 10.3. The summed E-state index contributed by atoms with van der Waals surface area (Å²) in [4.78, 5) is 0.267. The Hall–Kier alpha value is -1.33. The van der Waals surface area contributed by atoms with Crippen molar-refractivity contribution in [3.63, 3.8) is 0 Å². The molecule has 0 aliphatic rings. The van der Waals surface area contributed by atoms with Gasteiger partial charge in [-0.3, -0.25) is 4.31 Å². The summed E-state index contributed by atoms with van der Waals surface area (Å²) in [6.45, 7) is 0. The maximum absolute atomic E-state index is 12.4. The van der Waals surface area contributed by atoms with Crippen LogP contribution in [0.2, 0.25) is 0 Å². The lowest BCUT2D eigenvalue weighted by Gasteiger charge is -2.19. The SMILES string of the molecule is CN(c1ccccc1)S(=O)(=O)c1cccc(Br)c1. The average Bonchev–Trinajstić information content (AvgIpc) is 2.39. The van der Waals surface area contributed by atoms with Gasteiger partial charge in [0.25, 0.3) is 10.0 Å². The van der Waals surface area contributed by atoms with Crippen molar-refractivity contribution in [2.75, 3.05) is 11.4 Å². The zero-order valence-electron chi connectivity index (χ0n) is 9.75. The Bertz CT molecular complexity index is 641. The van der Waals surface area contributed by atoms with E-state index in [9.17, 15) is 8.42 Å². The van der Waals surface area contributed by atoms with Crippen molar-refractivity contribution in [3.05, 3.63) is 59.1 Å². The van der Waals surface area contributed by atoms with E-state index in [0.717, 1.165) is 4.47 Å². The van der Waals surface area contributed by atoms with E-state index in [-0.39, 0.29) is 4.90 Å². The van der Waals surface area contributed by atoms with Gasteiger partial charge in [0.1, 0.15) is 0 Å². The molecule has 5 heteroatoms. The summed E-state index contributed by atoms with van der Waals surface area (Å²) in [6.07, 6.45) is 0. The molecule has 2 aromatic carbocycles. The fourth-order valence-corrected chi connectivity index (χ4v) is 3.35. The molecule has 0 heterocycles. The van der Waals surface area contributed by atoms with Gasteiger partial charge in [-0.05, 0) is 30.3 Å². The first-order valence-corrected chi connectivity index (χ1v) is 7.54. The Morgan fingerprint density at radius 3 is 2.28 bits per heavy atom. The van der Waals surface area contributed by atoms with E-state index < -0.39 is 10.0 Å². The van der Waals surface area contributed by atoms with Crippen LogP contribution in [0, 0.1) is 0 Å². The first kappa shape index (κ1) is 13.1. The van der Waals surface area contributed by atoms with Crippen LogP contribution in [0.3, 0.4) is 0 Å². The Morgan fingerprint density at radius 2 is 1.67 bits per heavy atom. The third-order valence-electron chi connectivity index (χ3n) is 2.57. The molecule has 0 atom stereocenters. The van der Waals surface area contributed by atoms with E-state index in [0.29, 0.717) is 5.69 Å². The number of anilines is 1. The van der Waals surface area contributed by atoms with Gasteiger partial charge in [-0.2, -0.15) is 0 Å². The van der Waals surface area contributed by atoms with Gasteiger partial charge in [0, 0.05) is 11.5 Å². The van der Waals surface area contributed by atoms with Gasteiger partial charge in [0.05, 0.1) is 10.6 Å². The molecule has 0 bridgehead atoms. The van der Waals surface area contributed by atoms with Crippen LogP contribution in [0.1, 0.15) is 0 Å². The van der Waals surface area contributed by atoms with Crippen molar-refractivity contribution < 1.29 is 8.42 Å². The third-order valence-corrected chi connectivity index (χ3v) is 4.85. The monoisotopic (exact) mass is 325 g/mol. The number of hydrogen-bond acceptors (Lipinski definition) is 2. The molecule has 94 valence electrons. The lowest BCUT2D eigenvalue weighted by Crippen LogP contribution is -2.26. The van der Waals surface area contributed by atoms with E-state index in [2.05, 4.69) is 15.9 Å². The lowest BCUT2D eigenvalue weighted by molar-refractivity contribution is 0.594. The number of sulfonamides is 1. The molecule has 0 unspecified atom stereocenters. The predicted molar refractivity (Wildman–Crippen MR) is 76.2 cm³/mol. The minimum atomic E-state index is -3.51. The second kappa shape index (κ2) is 5.12. The van der Waals surface area contributed by atoms with Crippen LogP contribution in [-0.4, -0.2) is 15.5 Å². The molecule has 18 heavy (non-hydrogen) atoms. The molecule has 0 amide bonds. The highest BCUT2D eigenvalue weighted by Gasteiger charge is 2.20. The fourth-order valence-electron chi connectivity index (χ4n) is 1.56. The Kier molecular flexibility index (Phi) is 3.73. The Balaban J connectivity index is 2.44. The zero-order chi connectivity index (χ0) is 13.2. The molecule has 3 nitrogen and oxygen atoms in total. The summed E-state index contributed by atoms with van der Waals surface area (Å²) in [5.41, 5.74) is 0.637. The summed E-state index contributed by atoms with van der Waals surface area (Å²) in [5, 5.41) is 0. The molecule has 0 aromatic heterocycles. The van der Waals surface area contributed by atoms with Crippen molar-refractivity contribution in [3.8, 4) is 0 Å². The molecule has 2 rings (SSSR count). The number of rotatable bonds is 3. The summed E-state index contributed by atoms with van der Waals surface area (Å²) >= 11 is 3.28. The van der Waals surface area contributed by atoms with Crippen LogP contribution in [-0.2, 0) is 10.0 Å². The Morgan fingerprint density at radius 1 is 1.00 bits per heavy atom. The predicted octanol–water partition coefficient (Wildman–Crippen LogP) is 3.27. The molecule has 2 aromatic rings. The third kappa shape index (κ3) is 2.57. The highest BCUT2D eigenvalue weighted by Crippen LogP contribution is 2.23. The van der Waals surface area contributed by atoms with E-state index in [1.165, 1.54) is 4.31 Å². The standard InChI is InChI=1S/C13H12BrNO2S/c1-15(12-7-3-2-4-8-12)18(16,17)13-9-5-6-11(14)10-13/h2-10H,1H3. The summed E-state index contributed by atoms with van der Waals surface area (Å²) < 4.78 is 26.8. The first-order chi connectivity index (χ1) is 8.51. The maximum atomic E-state index is 12.4. The molecular weight excluding hydrogens is 314 g/mol. The van der Waals surface area contributed by atoms with Gasteiger partial charge < -0.3 is 0 Å². The first-order valence-electron chi connectivity index (χ1n) is 5.31. The Labute approximate surface area is 115 Å². The van der Waals surface area contributed by atoms with Crippen molar-refractivity contribution in [1.29, 1.82) is 0 Å². The molecule has 0 spiro atoms. The highest BCUT2D eigenvalue weighted by atomic mass is 79.9. The van der Waals surface area contributed by atoms with Crippen molar-refractivity contribution >= 4 is 31.6 Å². The van der Waals surface area contributed by atoms with Gasteiger partial charge in [-0.15, -0.1) is 0 Å². The van der Waals surface area contributed by atoms with E-state index in [1.807, 2.05) is 18.2 Å². The van der Waals surface area contributed by atoms with Crippen LogP contribution in [0.4, 0.5) is 5.69 Å². The van der Waals surface area contributed by atoms with E-state index >= 15 is 0 Å². The zero-order valence-corrected chi connectivity index (χ0v) is 12.1. The quantitative estimate of drug-likeness (QED) is 0.868. The fraction of sp³-hybridized carbons (Fsp3) is 0.0769. The molecule has 0 fully saturated rings. The molecule has 0 saturated heterocycles. The molecule has 0 saturated carbocycles. The van der Waals surface area contributed by atoms with Gasteiger partial charge in [-0.25, -0.2) is 8.42 Å². The molecule has 0 radical (unpaired) electrons. The van der Waals surface area contributed by atoms with Crippen molar-refractivity contribution in [2.24, 2.45) is 0 Å². The molecule has 0 aliphatic heterocycles. The van der Waals surface area contributed by atoms with Crippen LogP contribution in [0.5, 0.6) is 0 Å². The molecule has 0 aliphatic carbocycles. The molecule has 0 N–H and O–H groups in total. The van der Waals surface area contributed by atoms with Gasteiger partial charge in [-0.1, -0.05) is 40.2 Å². The van der Waals surface area contributed by atoms with E-state index in [4.69, 9.17) is 0 Å².